The third kappa shape index (κ3) is 2.34. The van der Waals surface area contributed by atoms with E-state index in [1.165, 1.54) is 0 Å². The smallest absolute Gasteiger partial charge is 0.233 e. The number of hydrogen-bond acceptors (Lipinski definition) is 2. The Morgan fingerprint density at radius 3 is 2.47 bits per heavy atom. The predicted octanol–water partition coefficient (Wildman–Crippen LogP) is 2.99. The average molecular weight is 261 g/mol. The number of nitrogens with zero attached hydrogens (tertiary/aromatic N) is 1. The van der Waals surface area contributed by atoms with Gasteiger partial charge in [-0.05, 0) is 44.4 Å². The van der Waals surface area contributed by atoms with E-state index in [1.54, 1.807) is 7.11 Å². The van der Waals surface area contributed by atoms with Crippen LogP contribution < -0.4 is 4.74 Å². The van der Waals surface area contributed by atoms with Crippen molar-refractivity contribution in [3.63, 3.8) is 0 Å². The number of likely N-dealkylation sites (N-methyl/N-ethyl adjacent to an activating group) is 1. The van der Waals surface area contributed by atoms with Crippen molar-refractivity contribution < 1.29 is 9.53 Å². The van der Waals surface area contributed by atoms with Crippen LogP contribution in [0.15, 0.2) is 24.3 Å². The van der Waals surface area contributed by atoms with Gasteiger partial charge in [-0.3, -0.25) is 4.79 Å². The Bertz CT molecular complexity index is 448. The summed E-state index contributed by atoms with van der Waals surface area (Å²) in [7, 11) is 1.67. The minimum atomic E-state index is -0.305. The maximum Gasteiger partial charge on any atom is 0.233 e. The fourth-order valence-corrected chi connectivity index (χ4v) is 2.89. The molecule has 0 saturated heterocycles. The molecule has 3 nitrogen and oxygen atoms in total. The lowest BCUT2D eigenvalue weighted by Crippen LogP contribution is -2.51. The zero-order valence-electron chi connectivity index (χ0n) is 12.1. The highest BCUT2D eigenvalue weighted by atomic mass is 16.5. The van der Waals surface area contributed by atoms with Gasteiger partial charge in [-0.25, -0.2) is 0 Å². The summed E-state index contributed by atoms with van der Waals surface area (Å²) in [6.07, 6.45) is 3.04. The molecule has 0 radical (unpaired) electrons. The van der Waals surface area contributed by atoms with Gasteiger partial charge in [-0.15, -0.1) is 0 Å². The summed E-state index contributed by atoms with van der Waals surface area (Å²) < 4.78 is 5.29. The van der Waals surface area contributed by atoms with Crippen LogP contribution in [-0.4, -0.2) is 31.0 Å². The largest absolute Gasteiger partial charge is 0.497 e. The number of carbonyl (C=O) groups is 1. The monoisotopic (exact) mass is 261 g/mol. The van der Waals surface area contributed by atoms with Crippen molar-refractivity contribution in [1.82, 2.24) is 4.90 Å². The van der Waals surface area contributed by atoms with E-state index >= 15 is 0 Å². The molecule has 1 aromatic rings. The maximum atomic E-state index is 12.8. The molecule has 0 spiro atoms. The first-order valence-corrected chi connectivity index (χ1v) is 7.12. The van der Waals surface area contributed by atoms with Gasteiger partial charge >= 0.3 is 0 Å². The Hall–Kier alpha value is -1.51. The zero-order chi connectivity index (χ0) is 13.9. The lowest BCUT2D eigenvalue weighted by Gasteiger charge is -2.43. The lowest BCUT2D eigenvalue weighted by molar-refractivity contribution is -0.140. The van der Waals surface area contributed by atoms with Crippen molar-refractivity contribution in [2.45, 2.75) is 38.5 Å². The van der Waals surface area contributed by atoms with Crippen LogP contribution in [0.25, 0.3) is 0 Å². The van der Waals surface area contributed by atoms with Gasteiger partial charge in [0.1, 0.15) is 5.75 Å². The second-order valence-electron chi connectivity index (χ2n) is 5.15. The Morgan fingerprint density at radius 2 is 2.00 bits per heavy atom. The summed E-state index contributed by atoms with van der Waals surface area (Å²) in [4.78, 5) is 14.7. The van der Waals surface area contributed by atoms with E-state index in [2.05, 4.69) is 6.07 Å². The van der Waals surface area contributed by atoms with Gasteiger partial charge in [0.25, 0.3) is 0 Å². The summed E-state index contributed by atoms with van der Waals surface area (Å²) >= 11 is 0. The van der Waals surface area contributed by atoms with E-state index < -0.39 is 0 Å². The number of hydrogen-bond donors (Lipinski definition) is 0. The minimum Gasteiger partial charge on any atom is -0.497 e. The molecule has 0 heterocycles. The number of methoxy groups -OCH3 is 1. The van der Waals surface area contributed by atoms with Gasteiger partial charge in [0.15, 0.2) is 0 Å². The van der Waals surface area contributed by atoms with Crippen LogP contribution in [0.2, 0.25) is 0 Å². The molecule has 2 rings (SSSR count). The number of rotatable bonds is 5. The van der Waals surface area contributed by atoms with Crippen LogP contribution in [-0.2, 0) is 10.2 Å². The van der Waals surface area contributed by atoms with Crippen LogP contribution >= 0.6 is 0 Å². The molecule has 1 aromatic carbocycles. The first-order chi connectivity index (χ1) is 9.17. The van der Waals surface area contributed by atoms with Crippen molar-refractivity contribution >= 4 is 5.91 Å². The highest BCUT2D eigenvalue weighted by Crippen LogP contribution is 2.45. The average Bonchev–Trinajstić information content (AvgIpc) is 2.39. The fourth-order valence-electron chi connectivity index (χ4n) is 2.89. The number of benzene rings is 1. The Kier molecular flexibility index (Phi) is 4.13. The van der Waals surface area contributed by atoms with E-state index in [1.807, 2.05) is 36.9 Å². The normalized spacial score (nSPS) is 16.6. The molecule has 0 N–H and O–H groups in total. The molecule has 0 aliphatic heterocycles. The van der Waals surface area contributed by atoms with E-state index in [0.717, 1.165) is 43.7 Å². The maximum absolute atomic E-state index is 12.8. The Labute approximate surface area is 115 Å². The van der Waals surface area contributed by atoms with Crippen LogP contribution in [0.1, 0.15) is 38.7 Å². The first-order valence-electron chi connectivity index (χ1n) is 7.12. The molecular formula is C16H23NO2. The summed E-state index contributed by atoms with van der Waals surface area (Å²) in [6.45, 7) is 5.64. The van der Waals surface area contributed by atoms with Crippen LogP contribution in [0.5, 0.6) is 5.75 Å². The van der Waals surface area contributed by atoms with Gasteiger partial charge in [0.2, 0.25) is 5.91 Å². The van der Waals surface area contributed by atoms with Crippen molar-refractivity contribution in [1.29, 1.82) is 0 Å². The topological polar surface area (TPSA) is 29.5 Å². The standard InChI is InChI=1S/C16H23NO2/c1-4-17(5-2)15(18)16(10-7-11-16)13-8-6-9-14(12-13)19-3/h6,8-9,12H,4-5,7,10-11H2,1-3H3. The Balaban J connectivity index is 2.34. The second kappa shape index (κ2) is 5.64. The van der Waals surface area contributed by atoms with Gasteiger partial charge in [0.05, 0.1) is 12.5 Å². The fraction of sp³-hybridized carbons (Fsp3) is 0.562. The molecule has 0 aromatic heterocycles. The van der Waals surface area contributed by atoms with E-state index in [0.29, 0.717) is 0 Å². The molecule has 1 saturated carbocycles. The Morgan fingerprint density at radius 1 is 1.32 bits per heavy atom. The van der Waals surface area contributed by atoms with Crippen molar-refractivity contribution in [3.8, 4) is 5.75 Å². The highest BCUT2D eigenvalue weighted by molar-refractivity contribution is 5.89. The molecule has 1 amide bonds. The van der Waals surface area contributed by atoms with Gasteiger partial charge in [0, 0.05) is 13.1 Å². The molecule has 1 fully saturated rings. The van der Waals surface area contributed by atoms with Crippen molar-refractivity contribution in [2.75, 3.05) is 20.2 Å². The summed E-state index contributed by atoms with van der Waals surface area (Å²) in [5.41, 5.74) is 0.801. The summed E-state index contributed by atoms with van der Waals surface area (Å²) in [5, 5.41) is 0. The highest BCUT2D eigenvalue weighted by Gasteiger charge is 2.47. The molecule has 0 unspecified atom stereocenters. The molecule has 1 aliphatic carbocycles. The first kappa shape index (κ1) is 13.9. The lowest BCUT2D eigenvalue weighted by atomic mass is 9.63. The third-order valence-corrected chi connectivity index (χ3v) is 4.29. The van der Waals surface area contributed by atoms with Crippen molar-refractivity contribution in [3.05, 3.63) is 29.8 Å². The second-order valence-corrected chi connectivity index (χ2v) is 5.15. The minimum absolute atomic E-state index is 0.275. The molecule has 0 bridgehead atoms. The molecule has 1 aliphatic rings. The quantitative estimate of drug-likeness (QED) is 0.815. The van der Waals surface area contributed by atoms with Crippen LogP contribution in [0.4, 0.5) is 0 Å². The van der Waals surface area contributed by atoms with E-state index in [-0.39, 0.29) is 11.3 Å². The van der Waals surface area contributed by atoms with Crippen LogP contribution in [0.3, 0.4) is 0 Å². The number of amides is 1. The van der Waals surface area contributed by atoms with Gasteiger partial charge in [-0.1, -0.05) is 18.6 Å². The number of carbonyl (C=O) groups excluding carboxylic acids is 1. The van der Waals surface area contributed by atoms with Gasteiger partial charge < -0.3 is 9.64 Å². The molecule has 104 valence electrons. The molecule has 0 atom stereocenters. The van der Waals surface area contributed by atoms with Crippen molar-refractivity contribution in [2.24, 2.45) is 0 Å². The van der Waals surface area contributed by atoms with E-state index in [9.17, 15) is 4.79 Å². The zero-order valence-corrected chi connectivity index (χ0v) is 12.1. The molecule has 19 heavy (non-hydrogen) atoms. The summed E-state index contributed by atoms with van der Waals surface area (Å²) in [5.74, 6) is 1.10. The van der Waals surface area contributed by atoms with Gasteiger partial charge in [-0.2, -0.15) is 0 Å². The molecule has 3 heteroatoms. The van der Waals surface area contributed by atoms with E-state index in [4.69, 9.17) is 4.74 Å². The third-order valence-electron chi connectivity index (χ3n) is 4.29. The molecular weight excluding hydrogens is 238 g/mol. The summed E-state index contributed by atoms with van der Waals surface area (Å²) in [6, 6.07) is 7.98. The van der Waals surface area contributed by atoms with Crippen LogP contribution in [0, 0.1) is 0 Å². The predicted molar refractivity (Wildman–Crippen MR) is 76.5 cm³/mol. The number of ether oxygens (including phenoxy) is 1. The SMILES string of the molecule is CCN(CC)C(=O)C1(c2cccc(OC)c2)CCC1.